The van der Waals surface area contributed by atoms with Crippen molar-refractivity contribution >= 4 is 16.6 Å². The van der Waals surface area contributed by atoms with Crippen molar-refractivity contribution < 1.29 is 13.3 Å². The normalized spacial score (nSPS) is 14.2. The lowest BCUT2D eigenvalue weighted by Gasteiger charge is -2.31. The molecule has 0 fully saturated rings. The average molecular weight is 346 g/mol. The van der Waals surface area contributed by atoms with Crippen LogP contribution in [-0.2, 0) is 13.1 Å². The lowest BCUT2D eigenvalue weighted by molar-refractivity contribution is 0.404. The number of aromatic nitrogens is 3. The highest BCUT2D eigenvalue weighted by molar-refractivity contribution is 5.81. The highest BCUT2D eigenvalue weighted by Gasteiger charge is 2.22. The van der Waals surface area contributed by atoms with Crippen LogP contribution in [0.5, 0.6) is 0 Å². The molecular formula is C17H16F2N4O2. The van der Waals surface area contributed by atoms with Gasteiger partial charge in [0.05, 0.1) is 11.1 Å². The lowest BCUT2D eigenvalue weighted by atomic mass is 10.0. The number of hydrogen-bond donors (Lipinski definition) is 0. The molecule has 0 spiro atoms. The Morgan fingerprint density at radius 2 is 2.00 bits per heavy atom. The van der Waals surface area contributed by atoms with Crippen LogP contribution >= 0.6 is 0 Å². The average Bonchev–Trinajstić information content (AvgIpc) is 2.96. The molecular weight excluding hydrogens is 330 g/mol. The zero-order valence-corrected chi connectivity index (χ0v) is 13.8. The van der Waals surface area contributed by atoms with Gasteiger partial charge >= 0.3 is 0 Å². The second kappa shape index (κ2) is 5.65. The molecule has 0 unspecified atom stereocenters. The van der Waals surface area contributed by atoms with Crippen LogP contribution in [0.2, 0.25) is 0 Å². The second-order valence-corrected chi connectivity index (χ2v) is 6.26. The Hall–Kier alpha value is -2.77. The third kappa shape index (κ3) is 2.48. The van der Waals surface area contributed by atoms with Gasteiger partial charge in [-0.05, 0) is 38.3 Å². The number of anilines is 1. The Morgan fingerprint density at radius 3 is 2.80 bits per heavy atom. The zero-order valence-electron chi connectivity index (χ0n) is 13.8. The maximum atomic E-state index is 13.7. The van der Waals surface area contributed by atoms with Gasteiger partial charge in [0.15, 0.2) is 17.2 Å². The van der Waals surface area contributed by atoms with Crippen LogP contribution in [-0.4, -0.2) is 21.5 Å². The largest absolute Gasteiger partial charge is 0.360 e. The third-order valence-electron chi connectivity index (χ3n) is 4.57. The molecule has 8 heteroatoms. The van der Waals surface area contributed by atoms with Crippen molar-refractivity contribution in [2.45, 2.75) is 33.4 Å². The predicted molar refractivity (Wildman–Crippen MR) is 87.6 cm³/mol. The maximum absolute atomic E-state index is 13.7. The number of benzene rings is 1. The van der Waals surface area contributed by atoms with Gasteiger partial charge in [-0.15, -0.1) is 0 Å². The second-order valence-electron chi connectivity index (χ2n) is 6.26. The van der Waals surface area contributed by atoms with Crippen molar-refractivity contribution in [1.82, 2.24) is 14.9 Å². The van der Waals surface area contributed by atoms with E-state index in [0.29, 0.717) is 35.5 Å². The Kier molecular flexibility index (Phi) is 3.55. The minimum atomic E-state index is -0.898. The molecule has 4 rings (SSSR count). The highest BCUT2D eigenvalue weighted by atomic mass is 19.2. The standard InChI is InChI=1S/C17H16F2N4O2/c1-9-15-10(2)25-21-16(15)17(24)23(20-9)8-22-5-3-4-11-6-12(18)13(19)7-14(11)22/h6-7H,3-5,8H2,1-2H3. The molecule has 0 saturated heterocycles. The van der Waals surface area contributed by atoms with Crippen LogP contribution in [0.25, 0.3) is 10.9 Å². The fraction of sp³-hybridized carbons (Fsp3) is 0.353. The van der Waals surface area contributed by atoms with Crippen LogP contribution in [0.1, 0.15) is 23.4 Å². The van der Waals surface area contributed by atoms with Gasteiger partial charge in [-0.2, -0.15) is 5.10 Å². The Morgan fingerprint density at radius 1 is 1.24 bits per heavy atom. The predicted octanol–water partition coefficient (Wildman–Crippen LogP) is 2.69. The van der Waals surface area contributed by atoms with Crippen LogP contribution in [0.15, 0.2) is 21.5 Å². The minimum absolute atomic E-state index is 0.138. The van der Waals surface area contributed by atoms with E-state index in [-0.39, 0.29) is 17.7 Å². The third-order valence-corrected chi connectivity index (χ3v) is 4.57. The molecule has 2 aromatic heterocycles. The molecule has 0 atom stereocenters. The van der Waals surface area contributed by atoms with Gasteiger partial charge in [-0.25, -0.2) is 13.5 Å². The molecule has 1 aromatic carbocycles. The van der Waals surface area contributed by atoms with Crippen molar-refractivity contribution in [1.29, 1.82) is 0 Å². The first-order valence-electron chi connectivity index (χ1n) is 8.02. The molecule has 0 aliphatic carbocycles. The Bertz CT molecular complexity index is 1040. The molecule has 130 valence electrons. The van der Waals surface area contributed by atoms with Gasteiger partial charge in [0, 0.05) is 18.3 Å². The van der Waals surface area contributed by atoms with Crippen molar-refractivity contribution in [3.05, 3.63) is 51.1 Å². The molecule has 0 saturated carbocycles. The van der Waals surface area contributed by atoms with E-state index >= 15 is 0 Å². The molecule has 1 aliphatic rings. The van der Waals surface area contributed by atoms with E-state index in [0.717, 1.165) is 12.0 Å². The number of nitrogens with zero attached hydrogens (tertiary/aromatic N) is 4. The summed E-state index contributed by atoms with van der Waals surface area (Å²) in [6.07, 6.45) is 1.46. The van der Waals surface area contributed by atoms with Crippen molar-refractivity contribution in [3.63, 3.8) is 0 Å². The molecule has 1 aliphatic heterocycles. The van der Waals surface area contributed by atoms with Gasteiger partial charge in [0.1, 0.15) is 12.4 Å². The maximum Gasteiger partial charge on any atom is 0.298 e. The fourth-order valence-corrected chi connectivity index (χ4v) is 3.40. The summed E-state index contributed by atoms with van der Waals surface area (Å²) in [5, 5.41) is 8.78. The van der Waals surface area contributed by atoms with Gasteiger partial charge in [0.2, 0.25) is 0 Å². The van der Waals surface area contributed by atoms with E-state index in [1.807, 2.05) is 4.90 Å². The van der Waals surface area contributed by atoms with E-state index in [1.165, 1.54) is 16.8 Å². The van der Waals surface area contributed by atoms with Crippen molar-refractivity contribution in [3.8, 4) is 0 Å². The molecule has 6 nitrogen and oxygen atoms in total. The van der Waals surface area contributed by atoms with E-state index in [1.54, 1.807) is 13.8 Å². The first kappa shape index (κ1) is 15.7. The van der Waals surface area contributed by atoms with Gasteiger partial charge in [-0.3, -0.25) is 4.79 Å². The summed E-state index contributed by atoms with van der Waals surface area (Å²) >= 11 is 0. The first-order valence-corrected chi connectivity index (χ1v) is 8.02. The number of hydrogen-bond acceptors (Lipinski definition) is 5. The summed E-state index contributed by atoms with van der Waals surface area (Å²) < 4.78 is 33.5. The SMILES string of the molecule is Cc1nn(CN2CCCc3cc(F)c(F)cc32)c(=O)c2noc(C)c12. The molecule has 0 bridgehead atoms. The number of fused-ring (bicyclic) bond motifs is 2. The van der Waals surface area contributed by atoms with Crippen LogP contribution in [0, 0.1) is 25.5 Å². The van der Waals surface area contributed by atoms with Gasteiger partial charge in [-0.1, -0.05) is 5.16 Å². The van der Waals surface area contributed by atoms with Crippen LogP contribution in [0.4, 0.5) is 14.5 Å². The van der Waals surface area contributed by atoms with Crippen LogP contribution in [0.3, 0.4) is 0 Å². The molecule has 0 amide bonds. The molecule has 25 heavy (non-hydrogen) atoms. The van der Waals surface area contributed by atoms with E-state index in [2.05, 4.69) is 10.3 Å². The topological polar surface area (TPSA) is 64.2 Å². The molecule has 0 radical (unpaired) electrons. The summed E-state index contributed by atoms with van der Waals surface area (Å²) in [5.41, 5.74) is 1.82. The Balaban J connectivity index is 1.77. The molecule has 0 N–H and O–H groups in total. The molecule has 3 aromatic rings. The molecule has 3 heterocycles. The first-order chi connectivity index (χ1) is 12.0. The zero-order chi connectivity index (χ0) is 17.7. The van der Waals surface area contributed by atoms with Gasteiger partial charge in [0.25, 0.3) is 5.56 Å². The van der Waals surface area contributed by atoms with E-state index in [4.69, 9.17) is 4.52 Å². The minimum Gasteiger partial charge on any atom is -0.360 e. The van der Waals surface area contributed by atoms with E-state index in [9.17, 15) is 13.6 Å². The van der Waals surface area contributed by atoms with Gasteiger partial charge < -0.3 is 9.42 Å². The summed E-state index contributed by atoms with van der Waals surface area (Å²) in [4.78, 5) is 14.4. The van der Waals surface area contributed by atoms with E-state index < -0.39 is 11.6 Å². The quantitative estimate of drug-likeness (QED) is 0.714. The number of halogens is 2. The van der Waals surface area contributed by atoms with Crippen LogP contribution < -0.4 is 10.5 Å². The summed E-state index contributed by atoms with van der Waals surface area (Å²) in [7, 11) is 0. The Labute approximate surface area is 141 Å². The monoisotopic (exact) mass is 346 g/mol. The van der Waals surface area contributed by atoms with Crippen molar-refractivity contribution in [2.75, 3.05) is 11.4 Å². The lowest BCUT2D eigenvalue weighted by Crippen LogP contribution is -2.37. The highest BCUT2D eigenvalue weighted by Crippen LogP contribution is 2.29. The number of rotatable bonds is 2. The summed E-state index contributed by atoms with van der Waals surface area (Å²) in [6, 6.07) is 2.41. The van der Waals surface area contributed by atoms with Crippen molar-refractivity contribution in [2.24, 2.45) is 0 Å². The number of aryl methyl sites for hydroxylation is 3. The smallest absolute Gasteiger partial charge is 0.298 e. The summed E-state index contributed by atoms with van der Waals surface area (Å²) in [6.45, 7) is 4.27. The fourth-order valence-electron chi connectivity index (χ4n) is 3.40. The summed E-state index contributed by atoms with van der Waals surface area (Å²) in [5.74, 6) is -1.21.